The molecule has 2 atom stereocenters. The van der Waals surface area contributed by atoms with Gasteiger partial charge in [0.2, 0.25) is 0 Å². The van der Waals surface area contributed by atoms with Crippen molar-refractivity contribution in [2.24, 2.45) is 0 Å². The van der Waals surface area contributed by atoms with Gasteiger partial charge >= 0.3 is 12.1 Å². The zero-order valence-electron chi connectivity index (χ0n) is 13.5. The summed E-state index contributed by atoms with van der Waals surface area (Å²) in [4.78, 5) is 24.8. The molecule has 1 fully saturated rings. The van der Waals surface area contributed by atoms with Crippen LogP contribution in [-0.4, -0.2) is 45.4 Å². The van der Waals surface area contributed by atoms with Crippen molar-refractivity contribution in [1.82, 2.24) is 4.90 Å². The van der Waals surface area contributed by atoms with Gasteiger partial charge in [-0.1, -0.05) is 29.3 Å². The van der Waals surface area contributed by atoms with Crippen molar-refractivity contribution in [1.29, 1.82) is 0 Å². The summed E-state index contributed by atoms with van der Waals surface area (Å²) in [6, 6.07) is 3.36. The zero-order valence-corrected chi connectivity index (χ0v) is 15.1. The highest BCUT2D eigenvalue weighted by Crippen LogP contribution is 2.38. The molecule has 1 aromatic carbocycles. The summed E-state index contributed by atoms with van der Waals surface area (Å²) in [6.07, 6.45) is -0.953. The number of ether oxygens (including phenoxy) is 1. The molecule has 0 unspecified atom stereocenters. The first-order valence-corrected chi connectivity index (χ1v) is 8.09. The third-order valence-corrected chi connectivity index (χ3v) is 4.45. The highest BCUT2D eigenvalue weighted by Gasteiger charge is 2.50. The van der Waals surface area contributed by atoms with E-state index in [1.807, 2.05) is 0 Å². The van der Waals surface area contributed by atoms with Gasteiger partial charge in [-0.25, -0.2) is 9.59 Å². The van der Waals surface area contributed by atoms with Gasteiger partial charge in [0.25, 0.3) is 0 Å². The Morgan fingerprint density at radius 1 is 1.29 bits per heavy atom. The Bertz CT molecular complexity index is 673. The van der Waals surface area contributed by atoms with Crippen molar-refractivity contribution >= 4 is 35.3 Å². The Morgan fingerprint density at radius 2 is 1.92 bits per heavy atom. The summed E-state index contributed by atoms with van der Waals surface area (Å²) in [6.45, 7) is 4.84. The van der Waals surface area contributed by atoms with Gasteiger partial charge in [-0.05, 0) is 38.5 Å². The number of benzene rings is 1. The maximum absolute atomic E-state index is 12.3. The molecule has 1 aromatic rings. The van der Waals surface area contributed by atoms with Crippen LogP contribution in [-0.2, 0) is 15.1 Å². The molecule has 0 bridgehead atoms. The number of likely N-dealkylation sites (tertiary alicyclic amines) is 1. The Hall–Kier alpha value is -1.50. The Labute approximate surface area is 149 Å². The van der Waals surface area contributed by atoms with Crippen LogP contribution in [0, 0.1) is 0 Å². The first-order valence-electron chi connectivity index (χ1n) is 7.33. The minimum absolute atomic E-state index is 0.167. The number of amides is 1. The fraction of sp³-hybridized carbons (Fsp3) is 0.500. The fourth-order valence-electron chi connectivity index (χ4n) is 2.61. The van der Waals surface area contributed by atoms with Gasteiger partial charge in [0.1, 0.15) is 17.2 Å². The van der Waals surface area contributed by atoms with Gasteiger partial charge in [0, 0.05) is 6.42 Å². The molecule has 2 rings (SSSR count). The second kappa shape index (κ2) is 6.43. The number of carboxylic acids is 1. The van der Waals surface area contributed by atoms with E-state index in [-0.39, 0.29) is 18.0 Å². The summed E-state index contributed by atoms with van der Waals surface area (Å²) >= 11 is 11.8. The quantitative estimate of drug-likeness (QED) is 0.827. The molecule has 6 nitrogen and oxygen atoms in total. The number of carbonyl (C=O) groups excluding carboxylic acids is 1. The van der Waals surface area contributed by atoms with Crippen LogP contribution in [0.1, 0.15) is 32.8 Å². The molecule has 0 aliphatic carbocycles. The topological polar surface area (TPSA) is 87.1 Å². The number of aliphatic hydroxyl groups is 1. The molecule has 24 heavy (non-hydrogen) atoms. The summed E-state index contributed by atoms with van der Waals surface area (Å²) in [5.74, 6) is -1.21. The summed E-state index contributed by atoms with van der Waals surface area (Å²) in [7, 11) is 0. The average Bonchev–Trinajstić information content (AvgIpc) is 2.80. The van der Waals surface area contributed by atoms with Crippen LogP contribution < -0.4 is 0 Å². The smallest absolute Gasteiger partial charge is 0.411 e. The lowest BCUT2D eigenvalue weighted by molar-refractivity contribution is -0.142. The number of aliphatic carboxylic acids is 1. The van der Waals surface area contributed by atoms with E-state index in [4.69, 9.17) is 27.9 Å². The van der Waals surface area contributed by atoms with Gasteiger partial charge in [-0.15, -0.1) is 0 Å². The maximum Gasteiger partial charge on any atom is 0.411 e. The fourth-order valence-corrected chi connectivity index (χ4v) is 2.91. The standard InChI is InChI=1S/C16H19Cl2NO5/c1-15(2,3)24-14(22)19-8-16(23,7-12(19)13(20)21)9-4-5-10(17)11(18)6-9/h4-6,12,23H,7-8H2,1-3H3,(H,20,21)/t12-,16-/m1/s1. The van der Waals surface area contributed by atoms with E-state index in [1.165, 1.54) is 12.1 Å². The highest BCUT2D eigenvalue weighted by atomic mass is 35.5. The van der Waals surface area contributed by atoms with E-state index in [1.54, 1.807) is 26.8 Å². The van der Waals surface area contributed by atoms with E-state index in [9.17, 15) is 19.8 Å². The highest BCUT2D eigenvalue weighted by molar-refractivity contribution is 6.42. The van der Waals surface area contributed by atoms with Crippen molar-refractivity contribution in [2.75, 3.05) is 6.54 Å². The Balaban J connectivity index is 2.33. The second-order valence-corrected chi connectivity index (χ2v) is 7.64. The van der Waals surface area contributed by atoms with Crippen molar-refractivity contribution < 1.29 is 24.5 Å². The zero-order chi connectivity index (χ0) is 18.3. The summed E-state index contributed by atoms with van der Waals surface area (Å²) in [5.41, 5.74) is -1.92. The molecule has 0 aromatic heterocycles. The van der Waals surface area contributed by atoms with Gasteiger partial charge in [-0.3, -0.25) is 4.90 Å². The number of rotatable bonds is 2. The van der Waals surface area contributed by atoms with Gasteiger partial charge in [0.15, 0.2) is 0 Å². The minimum atomic E-state index is -1.55. The van der Waals surface area contributed by atoms with Crippen LogP contribution in [0.2, 0.25) is 10.0 Å². The van der Waals surface area contributed by atoms with Crippen LogP contribution in [0.25, 0.3) is 0 Å². The Morgan fingerprint density at radius 3 is 2.42 bits per heavy atom. The van der Waals surface area contributed by atoms with Crippen LogP contribution in [0.3, 0.4) is 0 Å². The first kappa shape index (κ1) is 18.8. The average molecular weight is 376 g/mol. The minimum Gasteiger partial charge on any atom is -0.480 e. The molecular weight excluding hydrogens is 357 g/mol. The predicted molar refractivity (Wildman–Crippen MR) is 89.3 cm³/mol. The largest absolute Gasteiger partial charge is 0.480 e. The van der Waals surface area contributed by atoms with E-state index in [0.717, 1.165) is 4.90 Å². The monoisotopic (exact) mass is 375 g/mol. The van der Waals surface area contributed by atoms with E-state index < -0.39 is 29.3 Å². The number of hydrogen-bond acceptors (Lipinski definition) is 4. The predicted octanol–water partition coefficient (Wildman–Crippen LogP) is 3.28. The van der Waals surface area contributed by atoms with E-state index in [0.29, 0.717) is 10.6 Å². The molecule has 1 amide bonds. The van der Waals surface area contributed by atoms with Gasteiger partial charge < -0.3 is 14.9 Å². The van der Waals surface area contributed by atoms with Crippen LogP contribution in [0.15, 0.2) is 18.2 Å². The molecule has 0 spiro atoms. The van der Waals surface area contributed by atoms with Crippen molar-refractivity contribution in [3.05, 3.63) is 33.8 Å². The van der Waals surface area contributed by atoms with Crippen LogP contribution >= 0.6 is 23.2 Å². The van der Waals surface area contributed by atoms with Gasteiger partial charge in [-0.2, -0.15) is 0 Å². The molecule has 0 radical (unpaired) electrons. The number of hydrogen-bond donors (Lipinski definition) is 2. The third-order valence-electron chi connectivity index (χ3n) is 3.71. The first-order chi connectivity index (χ1) is 10.9. The van der Waals surface area contributed by atoms with Crippen LogP contribution in [0.4, 0.5) is 4.79 Å². The van der Waals surface area contributed by atoms with Crippen molar-refractivity contribution in [2.45, 2.75) is 44.4 Å². The normalized spacial score (nSPS) is 24.1. The number of nitrogens with zero attached hydrogens (tertiary/aromatic N) is 1. The summed E-state index contributed by atoms with van der Waals surface area (Å²) < 4.78 is 5.24. The lowest BCUT2D eigenvalue weighted by atomic mass is 9.91. The molecule has 1 heterocycles. The molecule has 8 heteroatoms. The molecular formula is C16H19Cl2NO5. The molecule has 132 valence electrons. The molecule has 1 aliphatic rings. The third kappa shape index (κ3) is 3.94. The molecule has 0 saturated carbocycles. The molecule has 1 saturated heterocycles. The lowest BCUT2D eigenvalue weighted by Gasteiger charge is -2.27. The number of β-amino-alcohol motifs (C(OH)–C–C–N with tert-alkyl or cyclic N) is 1. The van der Waals surface area contributed by atoms with E-state index >= 15 is 0 Å². The van der Waals surface area contributed by atoms with Crippen molar-refractivity contribution in [3.63, 3.8) is 0 Å². The van der Waals surface area contributed by atoms with Crippen LogP contribution in [0.5, 0.6) is 0 Å². The van der Waals surface area contributed by atoms with E-state index in [2.05, 4.69) is 0 Å². The number of carbonyl (C=O) groups is 2. The number of halogens is 2. The lowest BCUT2D eigenvalue weighted by Crippen LogP contribution is -2.43. The van der Waals surface area contributed by atoms with Gasteiger partial charge in [0.05, 0.1) is 16.6 Å². The second-order valence-electron chi connectivity index (χ2n) is 6.83. The van der Waals surface area contributed by atoms with Crippen molar-refractivity contribution in [3.8, 4) is 0 Å². The SMILES string of the molecule is CC(C)(C)OC(=O)N1C[C@@](O)(c2ccc(Cl)c(Cl)c2)C[C@@H]1C(=O)O. The molecule has 2 N–H and O–H groups in total. The summed E-state index contributed by atoms with van der Waals surface area (Å²) in [5, 5.41) is 20.9. The number of carboxylic acid groups (broad SMARTS) is 1. The maximum atomic E-state index is 12.3. The Kier molecular flexibility index (Phi) is 5.04. The molecule has 1 aliphatic heterocycles.